The summed E-state index contributed by atoms with van der Waals surface area (Å²) >= 11 is 5.70. The molecule has 1 aliphatic heterocycles. The molecule has 1 amide bonds. The molecule has 5 atom stereocenters. The average Bonchev–Trinajstić information content (AvgIpc) is 3.08. The van der Waals surface area contributed by atoms with Gasteiger partial charge in [-0.3, -0.25) is 14.3 Å². The quantitative estimate of drug-likeness (QED) is 0.342. The van der Waals surface area contributed by atoms with Crippen LogP contribution in [-0.4, -0.2) is 71.5 Å². The first-order valence-corrected chi connectivity index (χ1v) is 10.8. The first-order valence-electron chi connectivity index (χ1n) is 10.4. The molecule has 11 heteroatoms. The van der Waals surface area contributed by atoms with Gasteiger partial charge in [0.05, 0.1) is 6.61 Å². The third-order valence-electron chi connectivity index (χ3n) is 5.32. The van der Waals surface area contributed by atoms with Gasteiger partial charge in [-0.25, -0.2) is 4.68 Å². The molecule has 3 heterocycles. The lowest BCUT2D eigenvalue weighted by Gasteiger charge is -2.42. The summed E-state index contributed by atoms with van der Waals surface area (Å²) in [5.74, 6) is 0.199. The highest BCUT2D eigenvalue weighted by molar-refractivity contribution is 7.71. The number of hydrogen-bond acceptors (Lipinski definition) is 8. The normalized spacial score (nSPS) is 26.0. The van der Waals surface area contributed by atoms with E-state index in [4.69, 9.17) is 17.0 Å². The molecule has 0 unspecified atom stereocenters. The Balaban J connectivity index is 2.08. The number of rotatable bonds is 8. The van der Waals surface area contributed by atoms with E-state index in [1.165, 1.54) is 11.6 Å². The smallest absolute Gasteiger partial charge is 0.217 e. The number of aliphatic hydroxyl groups is 3. The van der Waals surface area contributed by atoms with Crippen LogP contribution in [0.4, 0.5) is 0 Å². The second-order valence-corrected chi connectivity index (χ2v) is 7.97. The molecule has 0 radical (unpaired) electrons. The minimum absolute atomic E-state index is 0.351. The third kappa shape index (κ3) is 5.01. The summed E-state index contributed by atoms with van der Waals surface area (Å²) in [7, 11) is 0. The maximum Gasteiger partial charge on any atom is 0.217 e. The molecule has 170 valence electrons. The van der Waals surface area contributed by atoms with Crippen LogP contribution in [-0.2, 0) is 16.1 Å². The van der Waals surface area contributed by atoms with Crippen molar-refractivity contribution in [3.8, 4) is 11.4 Å². The van der Waals surface area contributed by atoms with Gasteiger partial charge < -0.3 is 25.4 Å². The number of carbonyl (C=O) groups excluding carboxylic acids is 1. The summed E-state index contributed by atoms with van der Waals surface area (Å²) in [5, 5.41) is 37.8. The molecule has 0 bridgehead atoms. The van der Waals surface area contributed by atoms with E-state index >= 15 is 0 Å². The second-order valence-electron chi connectivity index (χ2n) is 7.60. The van der Waals surface area contributed by atoms with Crippen molar-refractivity contribution in [3.05, 3.63) is 29.3 Å². The van der Waals surface area contributed by atoms with E-state index in [0.717, 1.165) is 24.8 Å². The Hall–Kier alpha value is -2.18. The number of carbonyl (C=O) groups is 1. The minimum atomic E-state index is -1.38. The fourth-order valence-corrected chi connectivity index (χ4v) is 4.03. The first kappa shape index (κ1) is 23.5. The van der Waals surface area contributed by atoms with Gasteiger partial charge in [-0.1, -0.05) is 19.8 Å². The van der Waals surface area contributed by atoms with Crippen LogP contribution in [0.25, 0.3) is 11.4 Å². The Labute approximate surface area is 185 Å². The number of unbranched alkanes of at least 4 members (excludes halogenated alkanes) is 2. The van der Waals surface area contributed by atoms with Gasteiger partial charge >= 0.3 is 0 Å². The molecule has 1 aliphatic rings. The van der Waals surface area contributed by atoms with Gasteiger partial charge in [0.25, 0.3) is 0 Å². The number of pyridine rings is 1. The van der Waals surface area contributed by atoms with Gasteiger partial charge in [-0.2, -0.15) is 0 Å². The molecule has 0 saturated carbocycles. The maximum absolute atomic E-state index is 11.8. The van der Waals surface area contributed by atoms with E-state index in [-0.39, 0.29) is 0 Å². The number of nitrogens with one attached hydrogen (secondary N) is 1. The van der Waals surface area contributed by atoms with Crippen molar-refractivity contribution < 1.29 is 24.9 Å². The van der Waals surface area contributed by atoms with Crippen molar-refractivity contribution in [1.82, 2.24) is 24.6 Å². The second kappa shape index (κ2) is 10.4. The molecule has 0 aliphatic carbocycles. The Kier molecular flexibility index (Phi) is 7.89. The van der Waals surface area contributed by atoms with E-state index in [9.17, 15) is 20.1 Å². The van der Waals surface area contributed by atoms with Crippen LogP contribution in [0.5, 0.6) is 0 Å². The minimum Gasteiger partial charge on any atom is -0.394 e. The lowest BCUT2D eigenvalue weighted by molar-refractivity contribution is -0.219. The van der Waals surface area contributed by atoms with E-state index < -0.39 is 43.1 Å². The number of hydrogen-bond donors (Lipinski definition) is 4. The van der Waals surface area contributed by atoms with Crippen LogP contribution >= 0.6 is 12.2 Å². The SMILES string of the molecule is CCCCCn1c(-c2ccncc2)nn([C@@H]2O[C@H](CO)[C@H](O)[C@H](O)[C@H]2NC(C)=O)c1=S. The van der Waals surface area contributed by atoms with Crippen LogP contribution in [0.1, 0.15) is 39.3 Å². The molecule has 1 saturated heterocycles. The molecular weight excluding hydrogens is 422 g/mol. The molecule has 31 heavy (non-hydrogen) atoms. The van der Waals surface area contributed by atoms with E-state index in [0.29, 0.717) is 17.1 Å². The summed E-state index contributed by atoms with van der Waals surface area (Å²) < 4.78 is 9.53. The lowest BCUT2D eigenvalue weighted by atomic mass is 9.96. The molecule has 10 nitrogen and oxygen atoms in total. The lowest BCUT2D eigenvalue weighted by Crippen LogP contribution is -2.62. The molecular formula is C20H29N5O5S. The monoisotopic (exact) mass is 451 g/mol. The Morgan fingerprint density at radius 3 is 2.58 bits per heavy atom. The summed E-state index contributed by atoms with van der Waals surface area (Å²) in [4.78, 5) is 15.8. The zero-order chi connectivity index (χ0) is 22.5. The number of ether oxygens (including phenoxy) is 1. The van der Waals surface area contributed by atoms with Crippen LogP contribution in [0, 0.1) is 4.77 Å². The maximum atomic E-state index is 11.8. The van der Waals surface area contributed by atoms with Crippen LogP contribution < -0.4 is 5.32 Å². The van der Waals surface area contributed by atoms with Crippen molar-refractivity contribution in [2.75, 3.05) is 6.61 Å². The van der Waals surface area contributed by atoms with Crippen LogP contribution in [0.3, 0.4) is 0 Å². The number of aliphatic hydroxyl groups excluding tert-OH is 3. The Bertz CT molecular complexity index is 934. The number of aromatic nitrogens is 4. The van der Waals surface area contributed by atoms with E-state index in [2.05, 4.69) is 22.3 Å². The van der Waals surface area contributed by atoms with E-state index in [1.807, 2.05) is 16.7 Å². The molecule has 2 aromatic rings. The fourth-order valence-electron chi connectivity index (χ4n) is 3.71. The van der Waals surface area contributed by atoms with Crippen LogP contribution in [0.2, 0.25) is 0 Å². The molecule has 0 aromatic carbocycles. The molecule has 0 spiro atoms. The third-order valence-corrected chi connectivity index (χ3v) is 5.73. The van der Waals surface area contributed by atoms with Gasteiger partial charge in [0, 0.05) is 31.4 Å². The number of nitrogens with zero attached hydrogens (tertiary/aromatic N) is 4. The highest BCUT2D eigenvalue weighted by Crippen LogP contribution is 2.30. The van der Waals surface area contributed by atoms with Crippen molar-refractivity contribution in [2.24, 2.45) is 0 Å². The molecule has 3 rings (SSSR count). The Morgan fingerprint density at radius 1 is 1.26 bits per heavy atom. The topological polar surface area (TPSA) is 135 Å². The van der Waals surface area contributed by atoms with Crippen molar-refractivity contribution in [1.29, 1.82) is 0 Å². The predicted molar refractivity (Wildman–Crippen MR) is 114 cm³/mol. The standard InChI is InChI=1S/C20H29N5O5S/c1-3-4-5-10-24-18(13-6-8-21-9-7-13)23-25(20(24)31)19-15(22-12(2)27)17(29)16(28)14(11-26)30-19/h6-9,14-17,19,26,28-29H,3-5,10-11H2,1-2H3,(H,22,27)/t14-,15-,16+,17-,19-/m1/s1. The largest absolute Gasteiger partial charge is 0.394 e. The predicted octanol–water partition coefficient (Wildman–Crippen LogP) is 0.782. The average molecular weight is 452 g/mol. The van der Waals surface area contributed by atoms with Gasteiger partial charge in [-0.05, 0) is 30.8 Å². The molecule has 1 fully saturated rings. The molecule has 4 N–H and O–H groups in total. The summed E-state index contributed by atoms with van der Waals surface area (Å²) in [5.41, 5.74) is 0.808. The first-order chi connectivity index (χ1) is 14.9. The van der Waals surface area contributed by atoms with Gasteiger partial charge in [0.2, 0.25) is 10.7 Å². The number of amides is 1. The zero-order valence-corrected chi connectivity index (χ0v) is 18.4. The van der Waals surface area contributed by atoms with Crippen LogP contribution in [0.15, 0.2) is 24.5 Å². The zero-order valence-electron chi connectivity index (χ0n) is 17.6. The summed E-state index contributed by atoms with van der Waals surface area (Å²) in [6.07, 6.45) is 1.46. The molecule has 2 aromatic heterocycles. The summed E-state index contributed by atoms with van der Waals surface area (Å²) in [6.45, 7) is 3.54. The highest BCUT2D eigenvalue weighted by atomic mass is 32.1. The van der Waals surface area contributed by atoms with Crippen molar-refractivity contribution in [3.63, 3.8) is 0 Å². The van der Waals surface area contributed by atoms with Gasteiger partial charge in [0.1, 0.15) is 24.4 Å². The van der Waals surface area contributed by atoms with E-state index in [1.54, 1.807) is 12.4 Å². The van der Waals surface area contributed by atoms with Gasteiger partial charge in [0.15, 0.2) is 12.1 Å². The Morgan fingerprint density at radius 2 is 1.97 bits per heavy atom. The van der Waals surface area contributed by atoms with Gasteiger partial charge in [-0.15, -0.1) is 5.10 Å². The highest BCUT2D eigenvalue weighted by Gasteiger charge is 2.46. The summed E-state index contributed by atoms with van der Waals surface area (Å²) in [6, 6.07) is 2.63. The van der Waals surface area contributed by atoms with Crippen molar-refractivity contribution in [2.45, 2.75) is 70.2 Å². The fraction of sp³-hybridized carbons (Fsp3) is 0.600. The van der Waals surface area contributed by atoms with Crippen molar-refractivity contribution >= 4 is 18.1 Å².